The molecule has 0 saturated carbocycles. The second kappa shape index (κ2) is 9.01. The average molecular weight is 431 g/mol. The fraction of sp³-hybridized carbons (Fsp3) is 0.562. The minimum absolute atomic E-state index is 0.0352. The van der Waals surface area contributed by atoms with Crippen molar-refractivity contribution in [3.8, 4) is 10.7 Å². The van der Waals surface area contributed by atoms with Gasteiger partial charge in [0.05, 0.1) is 10.6 Å². The summed E-state index contributed by atoms with van der Waals surface area (Å²) in [6, 6.07) is 2.10. The van der Waals surface area contributed by atoms with Crippen molar-refractivity contribution in [3.05, 3.63) is 15.4 Å². The number of hydrogen-bond donors (Lipinski definition) is 1. The lowest BCUT2D eigenvalue weighted by molar-refractivity contribution is -0.118. The van der Waals surface area contributed by atoms with Crippen LogP contribution in [0.5, 0.6) is 0 Å². The molecule has 24 heavy (non-hydrogen) atoms. The van der Waals surface area contributed by atoms with E-state index in [0.717, 1.165) is 33.3 Å². The smallest absolute Gasteiger partial charge is 0.230 e. The highest BCUT2D eigenvalue weighted by Gasteiger charge is 2.17. The Morgan fingerprint density at radius 3 is 2.75 bits per heavy atom. The van der Waals surface area contributed by atoms with E-state index in [-0.39, 0.29) is 5.91 Å². The lowest BCUT2D eigenvalue weighted by Crippen LogP contribution is -2.28. The number of aryl methyl sites for hydroxylation is 1. The molecular formula is C16H23BrN4OS2. The van der Waals surface area contributed by atoms with Gasteiger partial charge in [-0.15, -0.1) is 21.5 Å². The van der Waals surface area contributed by atoms with Crippen molar-refractivity contribution >= 4 is 44.9 Å². The van der Waals surface area contributed by atoms with Crippen LogP contribution in [-0.4, -0.2) is 33.0 Å². The molecule has 0 aromatic carbocycles. The van der Waals surface area contributed by atoms with Gasteiger partial charge in [-0.25, -0.2) is 0 Å². The molecule has 2 heterocycles. The SMILES string of the molecule is CCc1sc(-c2nnc(SCC(=O)NCC(C)C)n2CC)cc1Br. The van der Waals surface area contributed by atoms with E-state index in [0.29, 0.717) is 18.2 Å². The largest absolute Gasteiger partial charge is 0.355 e. The van der Waals surface area contributed by atoms with Crippen LogP contribution >= 0.6 is 39.0 Å². The molecule has 8 heteroatoms. The van der Waals surface area contributed by atoms with Crippen LogP contribution in [-0.2, 0) is 17.8 Å². The van der Waals surface area contributed by atoms with E-state index in [1.54, 1.807) is 11.3 Å². The summed E-state index contributed by atoms with van der Waals surface area (Å²) in [5.41, 5.74) is 0. The summed E-state index contributed by atoms with van der Waals surface area (Å²) in [5, 5.41) is 12.3. The molecule has 0 bridgehead atoms. The molecule has 1 amide bonds. The van der Waals surface area contributed by atoms with Crippen molar-refractivity contribution < 1.29 is 4.79 Å². The molecule has 1 N–H and O–H groups in total. The third-order valence-corrected chi connectivity index (χ3v) is 6.58. The van der Waals surface area contributed by atoms with Gasteiger partial charge < -0.3 is 9.88 Å². The molecule has 2 aromatic rings. The van der Waals surface area contributed by atoms with Crippen LogP contribution in [0, 0.1) is 5.92 Å². The van der Waals surface area contributed by atoms with E-state index >= 15 is 0 Å². The normalized spacial score (nSPS) is 11.2. The Morgan fingerprint density at radius 2 is 2.17 bits per heavy atom. The Labute approximate surface area is 159 Å². The zero-order chi connectivity index (χ0) is 17.7. The number of carbonyl (C=O) groups is 1. The highest BCUT2D eigenvalue weighted by atomic mass is 79.9. The molecule has 0 spiro atoms. The van der Waals surface area contributed by atoms with E-state index < -0.39 is 0 Å². The molecule has 2 rings (SSSR count). The maximum Gasteiger partial charge on any atom is 0.230 e. The van der Waals surface area contributed by atoms with Crippen LogP contribution < -0.4 is 5.32 Å². The third-order valence-electron chi connectivity index (χ3n) is 3.37. The van der Waals surface area contributed by atoms with Crippen molar-refractivity contribution in [2.24, 2.45) is 5.92 Å². The van der Waals surface area contributed by atoms with Crippen LogP contribution in [0.3, 0.4) is 0 Å². The first-order valence-electron chi connectivity index (χ1n) is 8.07. The Bertz CT molecular complexity index is 696. The van der Waals surface area contributed by atoms with Gasteiger partial charge in [-0.1, -0.05) is 32.5 Å². The topological polar surface area (TPSA) is 59.8 Å². The first-order valence-corrected chi connectivity index (χ1v) is 10.7. The highest BCUT2D eigenvalue weighted by molar-refractivity contribution is 9.10. The summed E-state index contributed by atoms with van der Waals surface area (Å²) < 4.78 is 3.19. The van der Waals surface area contributed by atoms with Crippen molar-refractivity contribution in [1.29, 1.82) is 0 Å². The quantitative estimate of drug-likeness (QED) is 0.636. The Balaban J connectivity index is 2.10. The van der Waals surface area contributed by atoms with Crippen LogP contribution in [0.4, 0.5) is 0 Å². The van der Waals surface area contributed by atoms with E-state index in [1.807, 2.05) is 0 Å². The molecule has 0 fully saturated rings. The molecule has 0 aliphatic carbocycles. The standard InChI is InChI=1S/C16H23BrN4OS2/c1-5-12-11(17)7-13(24-12)15-19-20-16(21(15)6-2)23-9-14(22)18-8-10(3)4/h7,10H,5-6,8-9H2,1-4H3,(H,18,22). The number of nitrogens with zero attached hydrogens (tertiary/aromatic N) is 3. The van der Waals surface area contributed by atoms with Crippen molar-refractivity contribution in [1.82, 2.24) is 20.1 Å². The number of thiophene rings is 1. The number of aromatic nitrogens is 3. The highest BCUT2D eigenvalue weighted by Crippen LogP contribution is 2.35. The molecule has 0 radical (unpaired) electrons. The summed E-state index contributed by atoms with van der Waals surface area (Å²) >= 11 is 6.77. The maximum absolute atomic E-state index is 11.9. The van der Waals surface area contributed by atoms with E-state index in [1.165, 1.54) is 16.6 Å². The van der Waals surface area contributed by atoms with Crippen LogP contribution in [0.25, 0.3) is 10.7 Å². The predicted molar refractivity (Wildman–Crippen MR) is 105 cm³/mol. The molecular weight excluding hydrogens is 408 g/mol. The summed E-state index contributed by atoms with van der Waals surface area (Å²) in [6.45, 7) is 9.85. The van der Waals surface area contributed by atoms with Crippen molar-refractivity contribution in [2.75, 3.05) is 12.3 Å². The number of halogens is 1. The predicted octanol–water partition coefficient (Wildman–Crippen LogP) is 4.22. The molecule has 0 unspecified atom stereocenters. The number of rotatable bonds is 8. The number of amides is 1. The lowest BCUT2D eigenvalue weighted by Gasteiger charge is -2.08. The van der Waals surface area contributed by atoms with Crippen molar-refractivity contribution in [3.63, 3.8) is 0 Å². The molecule has 0 saturated heterocycles. The van der Waals surface area contributed by atoms with Gasteiger partial charge >= 0.3 is 0 Å². The van der Waals surface area contributed by atoms with Gasteiger partial charge in [0.1, 0.15) is 0 Å². The minimum atomic E-state index is 0.0352. The summed E-state index contributed by atoms with van der Waals surface area (Å²) in [5.74, 6) is 1.72. The number of nitrogens with one attached hydrogen (secondary N) is 1. The van der Waals surface area contributed by atoms with E-state index in [9.17, 15) is 4.79 Å². The van der Waals surface area contributed by atoms with Gasteiger partial charge in [0, 0.05) is 22.4 Å². The summed E-state index contributed by atoms with van der Waals surface area (Å²) in [7, 11) is 0. The van der Waals surface area contributed by atoms with Gasteiger partial charge in [-0.2, -0.15) is 0 Å². The summed E-state index contributed by atoms with van der Waals surface area (Å²) in [6.07, 6.45) is 0.989. The number of carbonyl (C=O) groups excluding carboxylic acids is 1. The Morgan fingerprint density at radius 1 is 1.42 bits per heavy atom. The fourth-order valence-electron chi connectivity index (χ4n) is 2.12. The monoisotopic (exact) mass is 430 g/mol. The first kappa shape index (κ1) is 19.5. The third kappa shape index (κ3) is 4.83. The first-order chi connectivity index (χ1) is 11.5. The number of hydrogen-bond acceptors (Lipinski definition) is 5. The van der Waals surface area contributed by atoms with E-state index in [4.69, 9.17) is 0 Å². The Kier molecular flexibility index (Phi) is 7.31. The lowest BCUT2D eigenvalue weighted by atomic mass is 10.2. The second-order valence-electron chi connectivity index (χ2n) is 5.77. The van der Waals surface area contributed by atoms with Gasteiger partial charge in [0.2, 0.25) is 5.91 Å². The molecule has 0 aliphatic rings. The molecule has 0 atom stereocenters. The molecule has 5 nitrogen and oxygen atoms in total. The van der Waals surface area contributed by atoms with Crippen LogP contribution in [0.2, 0.25) is 0 Å². The minimum Gasteiger partial charge on any atom is -0.355 e. The number of thioether (sulfide) groups is 1. The second-order valence-corrected chi connectivity index (χ2v) is 8.71. The average Bonchev–Trinajstić information content (AvgIpc) is 3.13. The fourth-order valence-corrected chi connectivity index (χ4v) is 4.84. The zero-order valence-electron chi connectivity index (χ0n) is 14.4. The maximum atomic E-state index is 11.9. The summed E-state index contributed by atoms with van der Waals surface area (Å²) in [4.78, 5) is 14.3. The van der Waals surface area contributed by atoms with Gasteiger partial charge in [0.25, 0.3) is 0 Å². The van der Waals surface area contributed by atoms with Crippen molar-refractivity contribution in [2.45, 2.75) is 45.8 Å². The Hall–Kier alpha value is -0.860. The molecule has 2 aromatic heterocycles. The zero-order valence-corrected chi connectivity index (χ0v) is 17.6. The molecule has 132 valence electrons. The van der Waals surface area contributed by atoms with Gasteiger partial charge in [-0.05, 0) is 41.3 Å². The van der Waals surface area contributed by atoms with Gasteiger partial charge in [0.15, 0.2) is 11.0 Å². The van der Waals surface area contributed by atoms with Gasteiger partial charge in [-0.3, -0.25) is 4.79 Å². The van der Waals surface area contributed by atoms with Crippen LogP contribution in [0.15, 0.2) is 15.7 Å². The molecule has 0 aliphatic heterocycles. The van der Waals surface area contributed by atoms with E-state index in [2.05, 4.69) is 69.8 Å². The van der Waals surface area contributed by atoms with Crippen LogP contribution in [0.1, 0.15) is 32.6 Å².